The van der Waals surface area contributed by atoms with Gasteiger partial charge in [-0.15, -0.1) is 0 Å². The van der Waals surface area contributed by atoms with Gasteiger partial charge in [0.1, 0.15) is 0 Å². The molecule has 0 aromatic carbocycles. The summed E-state index contributed by atoms with van der Waals surface area (Å²) in [5, 5.41) is 0. The van der Waals surface area contributed by atoms with E-state index in [4.69, 9.17) is 5.73 Å². The van der Waals surface area contributed by atoms with Gasteiger partial charge in [-0.05, 0) is 42.7 Å². The number of alkyl halides is 1. The van der Waals surface area contributed by atoms with Gasteiger partial charge in [0.05, 0.1) is 0 Å². The van der Waals surface area contributed by atoms with Gasteiger partial charge in [0, 0.05) is 22.9 Å². The van der Waals surface area contributed by atoms with Gasteiger partial charge < -0.3 is 5.73 Å². The predicted octanol–water partition coefficient (Wildman–Crippen LogP) is 3.33. The first-order valence-electron chi connectivity index (χ1n) is 5.52. The van der Waals surface area contributed by atoms with Gasteiger partial charge in [-0.3, -0.25) is 4.98 Å². The molecular formula is C12H17BrN2. The number of pyridine rings is 1. The fraction of sp³-hybridized carbons (Fsp3) is 0.583. The van der Waals surface area contributed by atoms with E-state index in [0.29, 0.717) is 16.7 Å². The molecule has 1 aromatic rings. The van der Waals surface area contributed by atoms with Crippen molar-refractivity contribution in [2.75, 3.05) is 5.73 Å². The van der Waals surface area contributed by atoms with Crippen molar-refractivity contribution in [3.63, 3.8) is 0 Å². The molecule has 3 atom stereocenters. The molecular weight excluding hydrogens is 252 g/mol. The van der Waals surface area contributed by atoms with E-state index in [1.165, 1.54) is 24.8 Å². The van der Waals surface area contributed by atoms with E-state index in [0.717, 1.165) is 5.69 Å². The zero-order valence-corrected chi connectivity index (χ0v) is 10.6. The standard InChI is InChI=1S/C12H17BrN2/c1-8-2-3-9(13)6-10(8)11-7-15-5-4-12(11)14/h4-5,7-10H,2-3,6H2,1H3,(H2,14,15). The Bertz CT molecular complexity index is 340. The van der Waals surface area contributed by atoms with Crippen molar-refractivity contribution in [2.24, 2.45) is 5.92 Å². The second kappa shape index (κ2) is 4.52. The second-order valence-corrected chi connectivity index (χ2v) is 5.79. The van der Waals surface area contributed by atoms with Crippen LogP contribution >= 0.6 is 15.9 Å². The lowest BCUT2D eigenvalue weighted by molar-refractivity contribution is 0.340. The average Bonchev–Trinajstić information content (AvgIpc) is 2.23. The Morgan fingerprint density at radius 1 is 1.47 bits per heavy atom. The number of nitrogens with zero attached hydrogens (tertiary/aromatic N) is 1. The van der Waals surface area contributed by atoms with Crippen LogP contribution < -0.4 is 5.73 Å². The highest BCUT2D eigenvalue weighted by Crippen LogP contribution is 2.41. The summed E-state index contributed by atoms with van der Waals surface area (Å²) in [6, 6.07) is 1.90. The number of rotatable bonds is 1. The molecule has 0 bridgehead atoms. The van der Waals surface area contributed by atoms with Crippen molar-refractivity contribution in [2.45, 2.75) is 36.9 Å². The first-order chi connectivity index (χ1) is 7.18. The van der Waals surface area contributed by atoms with E-state index >= 15 is 0 Å². The summed E-state index contributed by atoms with van der Waals surface area (Å²) >= 11 is 3.72. The number of hydrogen-bond acceptors (Lipinski definition) is 2. The Labute approximate surface area is 99.4 Å². The van der Waals surface area contributed by atoms with Crippen LogP contribution in [0.5, 0.6) is 0 Å². The summed E-state index contributed by atoms with van der Waals surface area (Å²) in [6.45, 7) is 2.32. The lowest BCUT2D eigenvalue weighted by Crippen LogP contribution is -2.22. The predicted molar refractivity (Wildman–Crippen MR) is 67.1 cm³/mol. The molecule has 3 heteroatoms. The first-order valence-corrected chi connectivity index (χ1v) is 6.43. The average molecular weight is 269 g/mol. The van der Waals surface area contributed by atoms with Crippen LogP contribution in [0.4, 0.5) is 5.69 Å². The Balaban J connectivity index is 2.25. The maximum absolute atomic E-state index is 6.00. The van der Waals surface area contributed by atoms with Gasteiger partial charge in [0.25, 0.3) is 0 Å². The maximum atomic E-state index is 6.00. The van der Waals surface area contributed by atoms with E-state index in [2.05, 4.69) is 27.8 Å². The molecule has 2 N–H and O–H groups in total. The molecule has 1 fully saturated rings. The Morgan fingerprint density at radius 3 is 3.00 bits per heavy atom. The molecule has 2 rings (SSSR count). The van der Waals surface area contributed by atoms with Crippen molar-refractivity contribution >= 4 is 21.6 Å². The summed E-state index contributed by atoms with van der Waals surface area (Å²) in [5.41, 5.74) is 8.13. The summed E-state index contributed by atoms with van der Waals surface area (Å²) in [6.07, 6.45) is 7.42. The number of nitrogens with two attached hydrogens (primary N) is 1. The quantitative estimate of drug-likeness (QED) is 0.794. The topological polar surface area (TPSA) is 38.9 Å². The third-order valence-corrected chi connectivity index (χ3v) is 4.25. The van der Waals surface area contributed by atoms with E-state index in [-0.39, 0.29) is 0 Å². The van der Waals surface area contributed by atoms with Gasteiger partial charge in [0.15, 0.2) is 0 Å². The van der Waals surface area contributed by atoms with Crippen LogP contribution in [0.2, 0.25) is 0 Å². The Morgan fingerprint density at radius 2 is 2.27 bits per heavy atom. The molecule has 1 heterocycles. The Hall–Kier alpha value is -0.570. The summed E-state index contributed by atoms with van der Waals surface area (Å²) in [7, 11) is 0. The molecule has 0 saturated heterocycles. The number of nitrogen functional groups attached to an aromatic ring is 1. The van der Waals surface area contributed by atoms with Crippen LogP contribution in [-0.4, -0.2) is 9.81 Å². The maximum Gasteiger partial charge on any atom is 0.0380 e. The van der Waals surface area contributed by atoms with Crippen LogP contribution in [0.3, 0.4) is 0 Å². The van der Waals surface area contributed by atoms with E-state index in [1.807, 2.05) is 12.3 Å². The second-order valence-electron chi connectivity index (χ2n) is 4.50. The lowest BCUT2D eigenvalue weighted by Gasteiger charge is -2.32. The Kier molecular flexibility index (Phi) is 3.29. The van der Waals surface area contributed by atoms with Gasteiger partial charge in [0.2, 0.25) is 0 Å². The van der Waals surface area contributed by atoms with Crippen molar-refractivity contribution in [1.82, 2.24) is 4.98 Å². The van der Waals surface area contributed by atoms with Gasteiger partial charge >= 0.3 is 0 Å². The monoisotopic (exact) mass is 268 g/mol. The van der Waals surface area contributed by atoms with Crippen LogP contribution in [0.15, 0.2) is 18.5 Å². The highest BCUT2D eigenvalue weighted by Gasteiger charge is 2.28. The zero-order chi connectivity index (χ0) is 10.8. The number of anilines is 1. The van der Waals surface area contributed by atoms with Crippen molar-refractivity contribution < 1.29 is 0 Å². The third-order valence-electron chi connectivity index (χ3n) is 3.42. The minimum atomic E-state index is 0.567. The van der Waals surface area contributed by atoms with Gasteiger partial charge in [-0.25, -0.2) is 0 Å². The van der Waals surface area contributed by atoms with Crippen LogP contribution in [0, 0.1) is 5.92 Å². The molecule has 0 aliphatic heterocycles. The van der Waals surface area contributed by atoms with Crippen LogP contribution in [0.25, 0.3) is 0 Å². The number of aromatic nitrogens is 1. The minimum absolute atomic E-state index is 0.567. The highest BCUT2D eigenvalue weighted by atomic mass is 79.9. The molecule has 15 heavy (non-hydrogen) atoms. The van der Waals surface area contributed by atoms with Crippen molar-refractivity contribution in [1.29, 1.82) is 0 Å². The molecule has 82 valence electrons. The molecule has 0 amide bonds. The number of halogens is 1. The minimum Gasteiger partial charge on any atom is -0.398 e. The SMILES string of the molecule is CC1CCC(Br)CC1c1cnccc1N. The highest BCUT2D eigenvalue weighted by molar-refractivity contribution is 9.09. The smallest absolute Gasteiger partial charge is 0.0380 e. The first kappa shape index (κ1) is 10.9. The normalized spacial score (nSPS) is 31.5. The molecule has 2 nitrogen and oxygen atoms in total. The summed E-state index contributed by atoms with van der Waals surface area (Å²) in [4.78, 5) is 4.82. The van der Waals surface area contributed by atoms with Gasteiger partial charge in [-0.1, -0.05) is 22.9 Å². The third kappa shape index (κ3) is 2.33. The van der Waals surface area contributed by atoms with Gasteiger partial charge in [-0.2, -0.15) is 0 Å². The lowest BCUT2D eigenvalue weighted by atomic mass is 9.76. The van der Waals surface area contributed by atoms with Crippen molar-refractivity contribution in [3.05, 3.63) is 24.0 Å². The molecule has 0 spiro atoms. The molecule has 0 radical (unpaired) electrons. The molecule has 1 aliphatic carbocycles. The molecule has 1 aliphatic rings. The van der Waals surface area contributed by atoms with Crippen molar-refractivity contribution in [3.8, 4) is 0 Å². The summed E-state index contributed by atoms with van der Waals surface area (Å²) < 4.78 is 0. The van der Waals surface area contributed by atoms with E-state index in [9.17, 15) is 0 Å². The van der Waals surface area contributed by atoms with Crippen LogP contribution in [-0.2, 0) is 0 Å². The zero-order valence-electron chi connectivity index (χ0n) is 8.99. The largest absolute Gasteiger partial charge is 0.398 e. The number of hydrogen-bond donors (Lipinski definition) is 1. The van der Waals surface area contributed by atoms with E-state index in [1.54, 1.807) is 6.20 Å². The molecule has 1 saturated carbocycles. The fourth-order valence-electron chi connectivity index (χ4n) is 2.43. The summed E-state index contributed by atoms with van der Waals surface area (Å²) in [5.74, 6) is 1.28. The van der Waals surface area contributed by atoms with E-state index < -0.39 is 0 Å². The molecule has 3 unspecified atom stereocenters. The molecule has 1 aromatic heterocycles. The van der Waals surface area contributed by atoms with Crippen LogP contribution in [0.1, 0.15) is 37.7 Å². The fourth-order valence-corrected chi connectivity index (χ4v) is 3.10.